The Morgan fingerprint density at radius 1 is 1.31 bits per heavy atom. The Balaban J connectivity index is 1.27. The quantitative estimate of drug-likeness (QED) is 0.683. The predicted molar refractivity (Wildman–Crippen MR) is 103 cm³/mol. The number of carbonyl (C=O) groups is 1. The number of hydrogen-bond acceptors (Lipinski definition) is 2. The Morgan fingerprint density at radius 3 is 2.96 bits per heavy atom. The summed E-state index contributed by atoms with van der Waals surface area (Å²) in [6.45, 7) is 2.77. The van der Waals surface area contributed by atoms with E-state index in [4.69, 9.17) is 0 Å². The summed E-state index contributed by atoms with van der Waals surface area (Å²) in [5.41, 5.74) is 3.56. The van der Waals surface area contributed by atoms with Gasteiger partial charge in [0.05, 0.1) is 0 Å². The van der Waals surface area contributed by atoms with Crippen LogP contribution in [0.25, 0.3) is 10.9 Å². The molecule has 0 radical (unpaired) electrons. The Morgan fingerprint density at radius 2 is 2.15 bits per heavy atom. The summed E-state index contributed by atoms with van der Waals surface area (Å²) in [5.74, 6) is 1.21. The number of amides is 1. The Bertz CT molecular complexity index is 904. The highest BCUT2D eigenvalue weighted by molar-refractivity contribution is 5.84. The van der Waals surface area contributed by atoms with Crippen molar-refractivity contribution < 1.29 is 4.79 Å². The predicted octanol–water partition coefficient (Wildman–Crippen LogP) is 3.69. The molecule has 1 aliphatic carbocycles. The van der Waals surface area contributed by atoms with Crippen LogP contribution in [-0.4, -0.2) is 27.0 Å². The summed E-state index contributed by atoms with van der Waals surface area (Å²) in [5, 5.41) is 4.26. The van der Waals surface area contributed by atoms with Gasteiger partial charge in [-0.05, 0) is 44.2 Å². The molecular formula is C21H26N4O. The number of hydrogen-bond donors (Lipinski definition) is 2. The van der Waals surface area contributed by atoms with Gasteiger partial charge in [-0.25, -0.2) is 4.98 Å². The first-order chi connectivity index (χ1) is 12.7. The minimum absolute atomic E-state index is 0.105. The molecule has 2 heterocycles. The molecule has 5 nitrogen and oxygen atoms in total. The van der Waals surface area contributed by atoms with Gasteiger partial charge in [-0.15, -0.1) is 0 Å². The van der Waals surface area contributed by atoms with Crippen LogP contribution < -0.4 is 5.32 Å². The van der Waals surface area contributed by atoms with E-state index in [1.54, 1.807) is 0 Å². The molecule has 2 N–H and O–H groups in total. The van der Waals surface area contributed by atoms with E-state index in [0.717, 1.165) is 24.2 Å². The van der Waals surface area contributed by atoms with Gasteiger partial charge in [-0.1, -0.05) is 18.2 Å². The maximum atomic E-state index is 12.2. The number of H-pyrrole nitrogens is 1. The smallest absolute Gasteiger partial charge is 0.220 e. The van der Waals surface area contributed by atoms with Crippen LogP contribution in [0.15, 0.2) is 36.7 Å². The zero-order valence-corrected chi connectivity index (χ0v) is 15.3. The van der Waals surface area contributed by atoms with E-state index in [2.05, 4.69) is 38.9 Å². The van der Waals surface area contributed by atoms with Gasteiger partial charge in [0.1, 0.15) is 5.82 Å². The van der Waals surface area contributed by atoms with Gasteiger partial charge in [0.2, 0.25) is 5.91 Å². The van der Waals surface area contributed by atoms with E-state index in [-0.39, 0.29) is 5.91 Å². The van der Waals surface area contributed by atoms with E-state index < -0.39 is 0 Å². The number of nitrogens with one attached hydrogen (secondary N) is 2. The summed E-state index contributed by atoms with van der Waals surface area (Å²) in [4.78, 5) is 20.0. The van der Waals surface area contributed by atoms with Crippen LogP contribution in [0.5, 0.6) is 0 Å². The highest BCUT2D eigenvalue weighted by Gasteiger charge is 2.23. The molecule has 4 rings (SSSR count). The fourth-order valence-electron chi connectivity index (χ4n) is 3.81. The Hall–Kier alpha value is -2.56. The monoisotopic (exact) mass is 350 g/mol. The number of fused-ring (bicyclic) bond motifs is 1. The molecule has 1 saturated carbocycles. The van der Waals surface area contributed by atoms with E-state index >= 15 is 0 Å². The van der Waals surface area contributed by atoms with Gasteiger partial charge in [-0.3, -0.25) is 4.79 Å². The molecule has 1 amide bonds. The Labute approximate surface area is 153 Å². The third-order valence-electron chi connectivity index (χ3n) is 5.47. The van der Waals surface area contributed by atoms with Crippen LogP contribution in [0, 0.1) is 6.92 Å². The van der Waals surface area contributed by atoms with Crippen molar-refractivity contribution >= 4 is 16.8 Å². The summed E-state index contributed by atoms with van der Waals surface area (Å²) in [6.07, 6.45) is 9.84. The molecule has 0 aliphatic heterocycles. The van der Waals surface area contributed by atoms with Crippen molar-refractivity contribution in [1.82, 2.24) is 19.9 Å². The molecule has 1 aromatic carbocycles. The average molecular weight is 350 g/mol. The van der Waals surface area contributed by atoms with Gasteiger partial charge < -0.3 is 14.9 Å². The lowest BCUT2D eigenvalue weighted by molar-refractivity contribution is -0.121. The zero-order chi connectivity index (χ0) is 17.9. The first kappa shape index (κ1) is 16.9. The molecule has 136 valence electrons. The van der Waals surface area contributed by atoms with E-state index in [1.807, 2.05) is 24.5 Å². The molecule has 0 bridgehead atoms. The lowest BCUT2D eigenvalue weighted by atomic mass is 9.92. The van der Waals surface area contributed by atoms with Crippen LogP contribution in [0.4, 0.5) is 0 Å². The number of carbonyl (C=O) groups excluding carboxylic acids is 1. The number of aromatic amines is 1. The van der Waals surface area contributed by atoms with Crippen LogP contribution in [-0.2, 0) is 17.6 Å². The largest absolute Gasteiger partial charge is 0.361 e. The van der Waals surface area contributed by atoms with E-state index in [9.17, 15) is 4.79 Å². The van der Waals surface area contributed by atoms with Gasteiger partial charge in [0.15, 0.2) is 0 Å². The fourth-order valence-corrected chi connectivity index (χ4v) is 3.81. The van der Waals surface area contributed by atoms with Gasteiger partial charge >= 0.3 is 0 Å². The highest BCUT2D eigenvalue weighted by Crippen LogP contribution is 2.33. The van der Waals surface area contributed by atoms with Gasteiger partial charge in [0.25, 0.3) is 0 Å². The number of para-hydroxylation sites is 1. The van der Waals surface area contributed by atoms with Crippen molar-refractivity contribution in [2.75, 3.05) is 6.54 Å². The molecule has 1 fully saturated rings. The summed E-state index contributed by atoms with van der Waals surface area (Å²) in [7, 11) is 0. The minimum Gasteiger partial charge on any atom is -0.361 e. The third kappa shape index (κ3) is 3.39. The van der Waals surface area contributed by atoms with Gasteiger partial charge in [0, 0.05) is 54.4 Å². The molecule has 2 aromatic heterocycles. The van der Waals surface area contributed by atoms with Crippen molar-refractivity contribution in [2.45, 2.75) is 51.5 Å². The first-order valence-corrected chi connectivity index (χ1v) is 9.57. The number of aryl methyl sites for hydroxylation is 2. The van der Waals surface area contributed by atoms with Crippen LogP contribution in [0.3, 0.4) is 0 Å². The van der Waals surface area contributed by atoms with Crippen molar-refractivity contribution in [3.63, 3.8) is 0 Å². The van der Waals surface area contributed by atoms with Crippen molar-refractivity contribution in [2.24, 2.45) is 0 Å². The lowest BCUT2D eigenvalue weighted by Gasteiger charge is -2.29. The molecule has 0 unspecified atom stereocenters. The topological polar surface area (TPSA) is 62.7 Å². The van der Waals surface area contributed by atoms with Crippen molar-refractivity contribution in [3.8, 4) is 0 Å². The molecule has 0 spiro atoms. The molecule has 26 heavy (non-hydrogen) atoms. The molecule has 0 atom stereocenters. The van der Waals surface area contributed by atoms with Crippen LogP contribution in [0.1, 0.15) is 48.8 Å². The maximum absolute atomic E-state index is 12.2. The summed E-state index contributed by atoms with van der Waals surface area (Å²) in [6, 6.07) is 8.83. The third-order valence-corrected chi connectivity index (χ3v) is 5.47. The number of nitrogens with zero attached hydrogens (tertiary/aromatic N) is 2. The normalized spacial score (nSPS) is 14.5. The first-order valence-electron chi connectivity index (χ1n) is 9.57. The minimum atomic E-state index is 0.105. The van der Waals surface area contributed by atoms with Crippen LogP contribution >= 0.6 is 0 Å². The van der Waals surface area contributed by atoms with Crippen molar-refractivity contribution in [1.29, 1.82) is 0 Å². The zero-order valence-electron chi connectivity index (χ0n) is 15.3. The lowest BCUT2D eigenvalue weighted by Crippen LogP contribution is -2.28. The average Bonchev–Trinajstić information content (AvgIpc) is 3.17. The molecule has 3 aromatic rings. The highest BCUT2D eigenvalue weighted by atomic mass is 16.1. The number of rotatable bonds is 7. The number of aromatic nitrogens is 3. The molecule has 5 heteroatoms. The van der Waals surface area contributed by atoms with Crippen LogP contribution in [0.2, 0.25) is 0 Å². The Kier molecular flexibility index (Phi) is 4.78. The second-order valence-electron chi connectivity index (χ2n) is 7.23. The summed E-state index contributed by atoms with van der Waals surface area (Å²) < 4.78 is 2.36. The second-order valence-corrected chi connectivity index (χ2v) is 7.23. The fraction of sp³-hybridized carbons (Fsp3) is 0.429. The van der Waals surface area contributed by atoms with E-state index in [1.165, 1.54) is 35.9 Å². The SMILES string of the molecule is Cc1cnc(CCNC(=O)CCc2c[nH]c3ccccc23)n1C1CCC1. The van der Waals surface area contributed by atoms with Crippen molar-refractivity contribution in [3.05, 3.63) is 53.7 Å². The molecule has 1 aliphatic rings. The standard InChI is InChI=1S/C21H26N4O/c1-15-13-24-20(25(15)17-5-4-6-17)11-12-22-21(26)10-9-16-14-23-19-8-3-2-7-18(16)19/h2-3,7-8,13-14,17,23H,4-6,9-12H2,1H3,(H,22,26). The van der Waals surface area contributed by atoms with E-state index in [0.29, 0.717) is 19.0 Å². The number of benzene rings is 1. The maximum Gasteiger partial charge on any atom is 0.220 e. The summed E-state index contributed by atoms with van der Waals surface area (Å²) >= 11 is 0. The molecule has 0 saturated heterocycles. The number of imidazole rings is 1. The van der Waals surface area contributed by atoms with Gasteiger partial charge in [-0.2, -0.15) is 0 Å². The molecular weight excluding hydrogens is 324 g/mol. The second kappa shape index (κ2) is 7.36.